The summed E-state index contributed by atoms with van der Waals surface area (Å²) in [7, 11) is 1.72. The molecule has 1 heterocycles. The van der Waals surface area contributed by atoms with Crippen LogP contribution in [0.15, 0.2) is 35.7 Å². The maximum absolute atomic E-state index is 12.5. The van der Waals surface area contributed by atoms with Crippen molar-refractivity contribution in [3.63, 3.8) is 0 Å². The van der Waals surface area contributed by atoms with Crippen molar-refractivity contribution in [2.75, 3.05) is 7.05 Å². The number of benzene rings is 1. The molecule has 6 heteroatoms. The molecule has 0 saturated carbocycles. The summed E-state index contributed by atoms with van der Waals surface area (Å²) in [6.45, 7) is 1.93. The van der Waals surface area contributed by atoms with Crippen molar-refractivity contribution in [2.24, 2.45) is 0 Å². The lowest BCUT2D eigenvalue weighted by atomic mass is 10.0. The maximum atomic E-state index is 12.5. The van der Waals surface area contributed by atoms with E-state index in [9.17, 15) is 13.2 Å². The molecule has 2 aromatic rings. The minimum Gasteiger partial charge on any atom is -0.405 e. The van der Waals surface area contributed by atoms with E-state index >= 15 is 0 Å². The van der Waals surface area contributed by atoms with Gasteiger partial charge in [0.1, 0.15) is 5.75 Å². The Balaban J connectivity index is 2.43. The largest absolute Gasteiger partial charge is 0.573 e. The number of para-hydroxylation sites is 1. The summed E-state index contributed by atoms with van der Waals surface area (Å²) in [5, 5.41) is 4.97. The number of halogens is 3. The smallest absolute Gasteiger partial charge is 0.405 e. The fourth-order valence-corrected chi connectivity index (χ4v) is 3.10. The van der Waals surface area contributed by atoms with E-state index in [4.69, 9.17) is 0 Å². The van der Waals surface area contributed by atoms with E-state index in [1.807, 2.05) is 18.4 Å². The van der Waals surface area contributed by atoms with Gasteiger partial charge < -0.3 is 10.1 Å². The minimum atomic E-state index is -4.70. The summed E-state index contributed by atoms with van der Waals surface area (Å²) in [4.78, 5) is 0.978. The van der Waals surface area contributed by atoms with Gasteiger partial charge in [0, 0.05) is 10.4 Å². The Kier molecular flexibility index (Phi) is 4.35. The van der Waals surface area contributed by atoms with Gasteiger partial charge in [0.2, 0.25) is 0 Å². The van der Waals surface area contributed by atoms with E-state index in [-0.39, 0.29) is 11.8 Å². The second-order valence-electron chi connectivity index (χ2n) is 4.28. The van der Waals surface area contributed by atoms with E-state index in [1.165, 1.54) is 23.5 Å². The molecule has 0 radical (unpaired) electrons. The van der Waals surface area contributed by atoms with Crippen LogP contribution in [0.3, 0.4) is 0 Å². The molecule has 0 aliphatic rings. The lowest BCUT2D eigenvalue weighted by Gasteiger charge is -2.20. The van der Waals surface area contributed by atoms with Crippen LogP contribution in [0.5, 0.6) is 5.75 Å². The molecule has 0 saturated heterocycles. The standard InChI is InChI=1S/C14H14F3NOS/c1-9-7-8-20-13(9)12(18-2)10-5-3-4-6-11(10)19-14(15,16)17/h3-8,12,18H,1-2H3. The van der Waals surface area contributed by atoms with Crippen molar-refractivity contribution in [3.8, 4) is 5.75 Å². The summed E-state index contributed by atoms with van der Waals surface area (Å²) >= 11 is 1.50. The summed E-state index contributed by atoms with van der Waals surface area (Å²) in [5.41, 5.74) is 1.51. The highest BCUT2D eigenvalue weighted by atomic mass is 32.1. The molecule has 0 fully saturated rings. The number of nitrogens with one attached hydrogen (secondary N) is 1. The number of hydrogen-bond donors (Lipinski definition) is 1. The first-order valence-electron chi connectivity index (χ1n) is 5.98. The summed E-state index contributed by atoms with van der Waals surface area (Å²) in [6.07, 6.45) is -4.70. The summed E-state index contributed by atoms with van der Waals surface area (Å²) in [6, 6.07) is 7.81. The molecule has 108 valence electrons. The molecule has 1 unspecified atom stereocenters. The van der Waals surface area contributed by atoms with E-state index in [0.717, 1.165) is 10.4 Å². The molecule has 1 aromatic heterocycles. The van der Waals surface area contributed by atoms with E-state index < -0.39 is 6.36 Å². The number of ether oxygens (including phenoxy) is 1. The van der Waals surface area contributed by atoms with Crippen LogP contribution in [-0.2, 0) is 0 Å². The molecular weight excluding hydrogens is 287 g/mol. The van der Waals surface area contributed by atoms with Crippen LogP contribution in [0, 0.1) is 6.92 Å². The first-order chi connectivity index (χ1) is 9.42. The molecule has 20 heavy (non-hydrogen) atoms. The third-order valence-electron chi connectivity index (χ3n) is 2.91. The Bertz CT molecular complexity index is 580. The minimum absolute atomic E-state index is 0.174. The molecule has 1 atom stereocenters. The fourth-order valence-electron chi connectivity index (χ4n) is 2.04. The first kappa shape index (κ1) is 14.9. The van der Waals surface area contributed by atoms with E-state index in [0.29, 0.717) is 5.56 Å². The number of thiophene rings is 1. The van der Waals surface area contributed by atoms with E-state index in [1.54, 1.807) is 19.2 Å². The highest BCUT2D eigenvalue weighted by Crippen LogP contribution is 2.36. The van der Waals surface area contributed by atoms with Crippen molar-refractivity contribution >= 4 is 11.3 Å². The first-order valence-corrected chi connectivity index (χ1v) is 6.86. The van der Waals surface area contributed by atoms with Gasteiger partial charge in [-0.1, -0.05) is 18.2 Å². The van der Waals surface area contributed by atoms with Gasteiger partial charge in [0.15, 0.2) is 0 Å². The highest BCUT2D eigenvalue weighted by Gasteiger charge is 2.33. The summed E-state index contributed by atoms with van der Waals surface area (Å²) in [5.74, 6) is -0.174. The zero-order chi connectivity index (χ0) is 14.8. The van der Waals surface area contributed by atoms with Crippen molar-refractivity contribution in [3.05, 3.63) is 51.7 Å². The van der Waals surface area contributed by atoms with Crippen LogP contribution in [-0.4, -0.2) is 13.4 Å². The predicted octanol–water partition coefficient (Wildman–Crippen LogP) is 4.26. The van der Waals surface area contributed by atoms with Gasteiger partial charge in [0.25, 0.3) is 0 Å². The maximum Gasteiger partial charge on any atom is 0.573 e. The zero-order valence-electron chi connectivity index (χ0n) is 11.0. The molecule has 0 spiro atoms. The quantitative estimate of drug-likeness (QED) is 0.911. The molecule has 0 bridgehead atoms. The Labute approximate surface area is 119 Å². The highest BCUT2D eigenvalue weighted by molar-refractivity contribution is 7.10. The summed E-state index contributed by atoms with van der Waals surface area (Å²) < 4.78 is 41.5. The van der Waals surface area contributed by atoms with Gasteiger partial charge in [-0.15, -0.1) is 24.5 Å². The van der Waals surface area contributed by atoms with Gasteiger partial charge >= 0.3 is 6.36 Å². The number of rotatable bonds is 4. The van der Waals surface area contributed by atoms with Gasteiger partial charge in [-0.2, -0.15) is 0 Å². The molecule has 0 amide bonds. The van der Waals surface area contributed by atoms with Gasteiger partial charge in [-0.05, 0) is 37.0 Å². The molecule has 2 rings (SSSR count). The average molecular weight is 301 g/mol. The second kappa shape index (κ2) is 5.85. The van der Waals surface area contributed by atoms with Crippen LogP contribution < -0.4 is 10.1 Å². The predicted molar refractivity (Wildman–Crippen MR) is 73.1 cm³/mol. The SMILES string of the molecule is CNC(c1ccccc1OC(F)(F)F)c1sccc1C. The average Bonchev–Trinajstić information content (AvgIpc) is 2.77. The van der Waals surface area contributed by atoms with Crippen LogP contribution in [0.1, 0.15) is 22.0 Å². The third-order valence-corrected chi connectivity index (χ3v) is 3.99. The molecule has 0 aliphatic carbocycles. The Morgan fingerprint density at radius 1 is 1.20 bits per heavy atom. The number of hydrogen-bond acceptors (Lipinski definition) is 3. The monoisotopic (exact) mass is 301 g/mol. The van der Waals surface area contributed by atoms with Crippen LogP contribution in [0.25, 0.3) is 0 Å². The molecule has 1 N–H and O–H groups in total. The normalized spacial score (nSPS) is 13.2. The van der Waals surface area contributed by atoms with Gasteiger partial charge in [0.05, 0.1) is 6.04 Å². The number of alkyl halides is 3. The van der Waals surface area contributed by atoms with Crippen LogP contribution >= 0.6 is 11.3 Å². The molecule has 1 aromatic carbocycles. The Morgan fingerprint density at radius 2 is 1.90 bits per heavy atom. The Hall–Kier alpha value is -1.53. The number of aryl methyl sites for hydroxylation is 1. The molecule has 2 nitrogen and oxygen atoms in total. The topological polar surface area (TPSA) is 21.3 Å². The van der Waals surface area contributed by atoms with Crippen LogP contribution in [0.2, 0.25) is 0 Å². The van der Waals surface area contributed by atoms with Gasteiger partial charge in [-0.25, -0.2) is 0 Å². The third kappa shape index (κ3) is 3.32. The zero-order valence-corrected chi connectivity index (χ0v) is 11.8. The van der Waals surface area contributed by atoms with Crippen molar-refractivity contribution in [1.82, 2.24) is 5.32 Å². The fraction of sp³-hybridized carbons (Fsp3) is 0.286. The molecule has 0 aliphatic heterocycles. The van der Waals surface area contributed by atoms with Crippen LogP contribution in [0.4, 0.5) is 13.2 Å². The van der Waals surface area contributed by atoms with Crippen molar-refractivity contribution < 1.29 is 17.9 Å². The van der Waals surface area contributed by atoms with Gasteiger partial charge in [-0.3, -0.25) is 0 Å². The lowest BCUT2D eigenvalue weighted by molar-refractivity contribution is -0.274. The van der Waals surface area contributed by atoms with Crippen molar-refractivity contribution in [2.45, 2.75) is 19.3 Å². The van der Waals surface area contributed by atoms with Crippen molar-refractivity contribution in [1.29, 1.82) is 0 Å². The lowest BCUT2D eigenvalue weighted by Crippen LogP contribution is -2.22. The van der Waals surface area contributed by atoms with E-state index in [2.05, 4.69) is 10.1 Å². The molecular formula is C14H14F3NOS. The second-order valence-corrected chi connectivity index (χ2v) is 5.22. The Morgan fingerprint density at radius 3 is 2.45 bits per heavy atom.